The van der Waals surface area contributed by atoms with E-state index in [0.717, 1.165) is 12.8 Å². The Labute approximate surface area is 116 Å². The molecule has 0 aromatic heterocycles. The Kier molecular flexibility index (Phi) is 7.95. The molecule has 0 aliphatic heterocycles. The summed E-state index contributed by atoms with van der Waals surface area (Å²) in [6.07, 6.45) is 2.32. The second-order valence-corrected chi connectivity index (χ2v) is 4.30. The van der Waals surface area contributed by atoms with Gasteiger partial charge in [0.2, 0.25) is 0 Å². The van der Waals surface area contributed by atoms with Crippen LogP contribution in [0.5, 0.6) is 0 Å². The Morgan fingerprint density at radius 2 is 1.18 bits per heavy atom. The molecule has 0 fully saturated rings. The molecule has 1 heteroatoms. The Hall–Kier alpha value is -0.781. The quantitative estimate of drug-likeness (QED) is 0.554. The van der Waals surface area contributed by atoms with Gasteiger partial charge in [-0.1, -0.05) is 40.5 Å². The molecule has 0 heterocycles. The molecule has 17 heavy (non-hydrogen) atoms. The van der Waals surface area contributed by atoms with Crippen molar-refractivity contribution in [1.82, 2.24) is 0 Å². The number of hydrogen-bond acceptors (Lipinski definition) is 0. The van der Waals surface area contributed by atoms with Crippen molar-refractivity contribution in [2.45, 2.75) is 40.5 Å². The normalized spacial score (nSPS) is 9.18. The zero-order valence-electron chi connectivity index (χ0n) is 11.2. The van der Waals surface area contributed by atoms with Gasteiger partial charge in [0, 0.05) is 0 Å². The fraction of sp³-hybridized carbons (Fsp3) is 0.375. The van der Waals surface area contributed by atoms with Crippen LogP contribution in [0.2, 0.25) is 0 Å². The van der Waals surface area contributed by atoms with Crippen molar-refractivity contribution in [2.24, 2.45) is 0 Å². The van der Waals surface area contributed by atoms with Gasteiger partial charge in [0.25, 0.3) is 0 Å². The van der Waals surface area contributed by atoms with Gasteiger partial charge in [0.15, 0.2) is 0 Å². The first-order chi connectivity index (χ1) is 7.65. The van der Waals surface area contributed by atoms with Crippen LogP contribution in [0.3, 0.4) is 0 Å². The largest absolute Gasteiger partial charge is 2.00 e. The zero-order chi connectivity index (χ0) is 12.0. The van der Waals surface area contributed by atoms with E-state index in [1.807, 2.05) is 0 Å². The van der Waals surface area contributed by atoms with Gasteiger partial charge in [-0.05, 0) is 0 Å². The molecule has 2 aromatic carbocycles. The van der Waals surface area contributed by atoms with E-state index in [2.05, 4.69) is 64.1 Å². The fourth-order valence-corrected chi connectivity index (χ4v) is 1.69. The molecule has 0 aliphatic rings. The van der Waals surface area contributed by atoms with Crippen molar-refractivity contribution in [3.63, 3.8) is 0 Å². The molecular weight excluding hydrogens is 248 g/mol. The van der Waals surface area contributed by atoms with E-state index in [1.165, 1.54) is 22.3 Å². The van der Waals surface area contributed by atoms with Gasteiger partial charge in [0.1, 0.15) is 0 Å². The SMILES string of the molecule is CCc1cc[c-](C)c1.CCc1cc[c-](C)c1.[Fe+2]. The molecule has 0 radical (unpaired) electrons. The molecule has 0 N–H and O–H groups in total. The zero-order valence-corrected chi connectivity index (χ0v) is 12.3. The number of hydrogen-bond donors (Lipinski definition) is 0. The van der Waals surface area contributed by atoms with Gasteiger partial charge < -0.3 is 0 Å². The van der Waals surface area contributed by atoms with Crippen molar-refractivity contribution >= 4 is 0 Å². The van der Waals surface area contributed by atoms with Crippen LogP contribution in [0.25, 0.3) is 0 Å². The molecule has 0 amide bonds. The molecule has 2 rings (SSSR count). The van der Waals surface area contributed by atoms with Crippen molar-refractivity contribution in [3.05, 3.63) is 58.7 Å². The second-order valence-electron chi connectivity index (χ2n) is 4.30. The number of rotatable bonds is 2. The van der Waals surface area contributed by atoms with E-state index < -0.39 is 0 Å². The van der Waals surface area contributed by atoms with E-state index in [4.69, 9.17) is 0 Å². The minimum absolute atomic E-state index is 0. The van der Waals surface area contributed by atoms with E-state index >= 15 is 0 Å². The van der Waals surface area contributed by atoms with Crippen LogP contribution in [0.4, 0.5) is 0 Å². The van der Waals surface area contributed by atoms with Crippen LogP contribution < -0.4 is 0 Å². The molecular formula is C16H22Fe. The predicted molar refractivity (Wildman–Crippen MR) is 72.3 cm³/mol. The predicted octanol–water partition coefficient (Wildman–Crippen LogP) is 4.55. The monoisotopic (exact) mass is 270 g/mol. The maximum Gasteiger partial charge on any atom is 2.00 e. The van der Waals surface area contributed by atoms with Gasteiger partial charge in [-0.25, -0.2) is 12.1 Å². The average molecular weight is 270 g/mol. The fourth-order valence-electron chi connectivity index (χ4n) is 1.69. The van der Waals surface area contributed by atoms with Crippen molar-refractivity contribution in [2.75, 3.05) is 0 Å². The van der Waals surface area contributed by atoms with Crippen LogP contribution in [-0.2, 0) is 29.9 Å². The third kappa shape index (κ3) is 5.91. The van der Waals surface area contributed by atoms with Gasteiger partial charge in [-0.2, -0.15) is 46.5 Å². The Balaban J connectivity index is 0.000000284. The first-order valence-corrected chi connectivity index (χ1v) is 6.10. The second kappa shape index (κ2) is 8.33. The summed E-state index contributed by atoms with van der Waals surface area (Å²) in [6.45, 7) is 8.60. The van der Waals surface area contributed by atoms with E-state index in [-0.39, 0.29) is 17.1 Å². The van der Waals surface area contributed by atoms with Crippen molar-refractivity contribution < 1.29 is 17.1 Å². The number of aryl methyl sites for hydroxylation is 4. The van der Waals surface area contributed by atoms with Gasteiger partial charge >= 0.3 is 17.1 Å². The Bertz CT molecular complexity index is 366. The summed E-state index contributed by atoms with van der Waals surface area (Å²) in [5.41, 5.74) is 5.65. The molecule has 0 saturated heterocycles. The van der Waals surface area contributed by atoms with E-state index in [0.29, 0.717) is 0 Å². The van der Waals surface area contributed by atoms with Gasteiger partial charge in [-0.15, -0.1) is 0 Å². The summed E-state index contributed by atoms with van der Waals surface area (Å²) < 4.78 is 0. The standard InChI is InChI=1S/2C8H11.Fe/c2*1-3-8-5-4-7(2)6-8;/h2*4-6H,3H2,1-2H3;/q2*-1;+2. The summed E-state index contributed by atoms with van der Waals surface area (Å²) in [5, 5.41) is 0. The maximum absolute atomic E-state index is 2.22. The summed E-state index contributed by atoms with van der Waals surface area (Å²) in [6, 6.07) is 13.1. The summed E-state index contributed by atoms with van der Waals surface area (Å²) in [7, 11) is 0. The van der Waals surface area contributed by atoms with Crippen LogP contribution in [0, 0.1) is 13.8 Å². The molecule has 0 saturated carbocycles. The third-order valence-corrected chi connectivity index (χ3v) is 2.76. The molecule has 0 spiro atoms. The van der Waals surface area contributed by atoms with Crippen molar-refractivity contribution in [1.29, 1.82) is 0 Å². The molecule has 0 bridgehead atoms. The van der Waals surface area contributed by atoms with Crippen molar-refractivity contribution in [3.8, 4) is 0 Å². The third-order valence-electron chi connectivity index (χ3n) is 2.76. The van der Waals surface area contributed by atoms with E-state index in [9.17, 15) is 0 Å². The summed E-state index contributed by atoms with van der Waals surface area (Å²) >= 11 is 0. The van der Waals surface area contributed by atoms with Crippen LogP contribution in [0.15, 0.2) is 36.4 Å². The molecule has 0 aliphatic carbocycles. The van der Waals surface area contributed by atoms with Crippen LogP contribution >= 0.6 is 0 Å². The molecule has 94 valence electrons. The van der Waals surface area contributed by atoms with E-state index in [1.54, 1.807) is 0 Å². The van der Waals surface area contributed by atoms with Crippen LogP contribution in [-0.4, -0.2) is 0 Å². The minimum Gasteiger partial charge on any atom is -0.210 e. The summed E-state index contributed by atoms with van der Waals surface area (Å²) in [4.78, 5) is 0. The molecule has 2 aromatic rings. The molecule has 0 atom stereocenters. The first kappa shape index (κ1) is 16.2. The molecule has 0 nitrogen and oxygen atoms in total. The van der Waals surface area contributed by atoms with Crippen LogP contribution in [0.1, 0.15) is 36.1 Å². The van der Waals surface area contributed by atoms with Gasteiger partial charge in [0.05, 0.1) is 0 Å². The summed E-state index contributed by atoms with van der Waals surface area (Å²) in [5.74, 6) is 0. The Morgan fingerprint density at radius 1 is 0.824 bits per heavy atom. The van der Waals surface area contributed by atoms with Gasteiger partial charge in [-0.3, -0.25) is 0 Å². The maximum atomic E-state index is 2.22. The minimum atomic E-state index is 0. The average Bonchev–Trinajstić information content (AvgIpc) is 2.88. The Morgan fingerprint density at radius 3 is 1.29 bits per heavy atom. The smallest absolute Gasteiger partial charge is 0.210 e. The molecule has 0 unspecified atom stereocenters. The topological polar surface area (TPSA) is 0 Å². The first-order valence-electron chi connectivity index (χ1n) is 6.10.